The summed E-state index contributed by atoms with van der Waals surface area (Å²) >= 11 is 1.40. The van der Waals surface area contributed by atoms with Crippen molar-refractivity contribution in [2.24, 2.45) is 10.2 Å². The normalized spacial score (nSPS) is 17.8. The number of carbonyl (C=O) groups excluding carboxylic acids is 1. The summed E-state index contributed by atoms with van der Waals surface area (Å²) in [5.41, 5.74) is 1.51. The van der Waals surface area contributed by atoms with Crippen LogP contribution in [0.2, 0.25) is 0 Å². The molecule has 9 heteroatoms. The number of methoxy groups -OCH3 is 1. The lowest BCUT2D eigenvalue weighted by molar-refractivity contribution is -0.384. The monoisotopic (exact) mass is 426 g/mol. The lowest BCUT2D eigenvalue weighted by Crippen LogP contribution is -2.31. The van der Waals surface area contributed by atoms with Crippen molar-refractivity contribution in [1.29, 1.82) is 0 Å². The van der Waals surface area contributed by atoms with E-state index in [9.17, 15) is 14.9 Å². The SMILES string of the molecule is CCCC1SC(=NN=Cc2cccc([N+](=O)[O-])c2)N(Cc2ccc(OC)cc2)C1=O. The van der Waals surface area contributed by atoms with Crippen LogP contribution in [0.4, 0.5) is 5.69 Å². The summed E-state index contributed by atoms with van der Waals surface area (Å²) in [4.78, 5) is 24.9. The Kier molecular flexibility index (Phi) is 7.18. The number of hydrogen-bond donors (Lipinski definition) is 0. The van der Waals surface area contributed by atoms with E-state index in [1.54, 1.807) is 24.1 Å². The molecule has 30 heavy (non-hydrogen) atoms. The van der Waals surface area contributed by atoms with Gasteiger partial charge in [0.15, 0.2) is 5.17 Å². The second-order valence-electron chi connectivity index (χ2n) is 6.65. The van der Waals surface area contributed by atoms with Crippen LogP contribution >= 0.6 is 11.8 Å². The van der Waals surface area contributed by atoms with Crippen LogP contribution in [0, 0.1) is 10.1 Å². The highest BCUT2D eigenvalue weighted by Gasteiger charge is 2.37. The molecule has 1 saturated heterocycles. The lowest BCUT2D eigenvalue weighted by Gasteiger charge is -2.16. The van der Waals surface area contributed by atoms with Crippen LogP contribution in [0.15, 0.2) is 58.7 Å². The molecule has 3 rings (SSSR count). The number of carbonyl (C=O) groups is 1. The molecule has 2 aromatic rings. The minimum atomic E-state index is -0.458. The maximum absolute atomic E-state index is 12.9. The van der Waals surface area contributed by atoms with Crippen molar-refractivity contribution in [1.82, 2.24) is 4.90 Å². The summed E-state index contributed by atoms with van der Waals surface area (Å²) in [6.07, 6.45) is 3.10. The van der Waals surface area contributed by atoms with Crippen LogP contribution < -0.4 is 4.74 Å². The van der Waals surface area contributed by atoms with Gasteiger partial charge in [0.1, 0.15) is 5.75 Å². The van der Waals surface area contributed by atoms with E-state index in [2.05, 4.69) is 10.2 Å². The molecule has 0 spiro atoms. The first-order valence-corrected chi connectivity index (χ1v) is 10.4. The Hall–Kier alpha value is -3.20. The van der Waals surface area contributed by atoms with E-state index < -0.39 is 4.92 Å². The van der Waals surface area contributed by atoms with Crippen molar-refractivity contribution in [2.75, 3.05) is 7.11 Å². The van der Waals surface area contributed by atoms with Gasteiger partial charge in [0.2, 0.25) is 5.91 Å². The van der Waals surface area contributed by atoms with Crippen molar-refractivity contribution in [3.63, 3.8) is 0 Å². The minimum Gasteiger partial charge on any atom is -0.497 e. The highest BCUT2D eigenvalue weighted by Crippen LogP contribution is 2.32. The van der Waals surface area contributed by atoms with E-state index in [0.717, 1.165) is 24.2 Å². The number of thioether (sulfide) groups is 1. The fourth-order valence-electron chi connectivity index (χ4n) is 2.95. The van der Waals surface area contributed by atoms with Gasteiger partial charge in [-0.15, -0.1) is 5.10 Å². The molecule has 1 aliphatic heterocycles. The Balaban J connectivity index is 1.80. The van der Waals surface area contributed by atoms with Gasteiger partial charge in [0.25, 0.3) is 5.69 Å². The summed E-state index contributed by atoms with van der Waals surface area (Å²) < 4.78 is 5.18. The van der Waals surface area contributed by atoms with Gasteiger partial charge < -0.3 is 4.74 Å². The van der Waals surface area contributed by atoms with Crippen molar-refractivity contribution in [2.45, 2.75) is 31.6 Å². The highest BCUT2D eigenvalue weighted by molar-refractivity contribution is 8.15. The zero-order valence-electron chi connectivity index (χ0n) is 16.7. The average molecular weight is 426 g/mol. The second-order valence-corrected chi connectivity index (χ2v) is 7.82. The molecule has 8 nitrogen and oxygen atoms in total. The first-order chi connectivity index (χ1) is 14.5. The molecule has 1 heterocycles. The van der Waals surface area contributed by atoms with Gasteiger partial charge in [-0.3, -0.25) is 19.8 Å². The minimum absolute atomic E-state index is 0.0128. The standard InChI is InChI=1S/C21H22N4O4S/c1-3-5-19-20(26)24(14-15-8-10-18(29-2)11-9-15)21(30-19)23-22-13-16-6-4-7-17(12-16)25(27)28/h4,6-13,19H,3,5,14H2,1-2H3. The maximum Gasteiger partial charge on any atom is 0.270 e. The van der Waals surface area contributed by atoms with Gasteiger partial charge in [-0.05, 0) is 24.1 Å². The largest absolute Gasteiger partial charge is 0.497 e. The molecule has 1 unspecified atom stereocenters. The average Bonchev–Trinajstić information content (AvgIpc) is 3.04. The fourth-order valence-corrected chi connectivity index (χ4v) is 4.17. The van der Waals surface area contributed by atoms with E-state index in [4.69, 9.17) is 4.74 Å². The number of amides is 1. The third-order valence-electron chi connectivity index (χ3n) is 4.50. The first kappa shape index (κ1) is 21.5. The zero-order chi connectivity index (χ0) is 21.5. The number of ether oxygens (including phenoxy) is 1. The number of nitro groups is 1. The van der Waals surface area contributed by atoms with Crippen molar-refractivity contribution < 1.29 is 14.5 Å². The number of benzene rings is 2. The Bertz CT molecular complexity index is 975. The summed E-state index contributed by atoms with van der Waals surface area (Å²) in [7, 11) is 1.61. The van der Waals surface area contributed by atoms with Crippen LogP contribution in [-0.4, -0.2) is 39.5 Å². The quantitative estimate of drug-likeness (QED) is 0.357. The topological polar surface area (TPSA) is 97.4 Å². The number of nitro benzene ring substituents is 1. The Labute approximate surface area is 178 Å². The van der Waals surface area contributed by atoms with E-state index in [1.807, 2.05) is 31.2 Å². The molecule has 1 aliphatic rings. The van der Waals surface area contributed by atoms with Crippen LogP contribution in [0.3, 0.4) is 0 Å². The molecule has 2 aromatic carbocycles. The van der Waals surface area contributed by atoms with E-state index in [1.165, 1.54) is 30.1 Å². The summed E-state index contributed by atoms with van der Waals surface area (Å²) in [6.45, 7) is 2.43. The number of hydrogen-bond acceptors (Lipinski definition) is 7. The molecule has 0 saturated carbocycles. The Morgan fingerprint density at radius 2 is 2.03 bits per heavy atom. The fraction of sp³-hybridized carbons (Fsp3) is 0.286. The van der Waals surface area contributed by atoms with Crippen molar-refractivity contribution >= 4 is 34.7 Å². The third kappa shape index (κ3) is 5.24. The van der Waals surface area contributed by atoms with Gasteiger partial charge in [0, 0.05) is 17.7 Å². The highest BCUT2D eigenvalue weighted by atomic mass is 32.2. The molecule has 0 bridgehead atoms. The summed E-state index contributed by atoms with van der Waals surface area (Å²) in [5, 5.41) is 19.6. The molecule has 1 fully saturated rings. The second kappa shape index (κ2) is 10.0. The smallest absolute Gasteiger partial charge is 0.270 e. The van der Waals surface area contributed by atoms with Gasteiger partial charge in [-0.1, -0.05) is 49.4 Å². The van der Waals surface area contributed by atoms with Crippen LogP contribution in [0.25, 0.3) is 0 Å². The van der Waals surface area contributed by atoms with E-state index >= 15 is 0 Å². The first-order valence-electron chi connectivity index (χ1n) is 9.48. The molecule has 0 N–H and O–H groups in total. The molecule has 156 valence electrons. The van der Waals surface area contributed by atoms with E-state index in [-0.39, 0.29) is 16.8 Å². The van der Waals surface area contributed by atoms with Crippen molar-refractivity contribution in [3.8, 4) is 5.75 Å². The third-order valence-corrected chi connectivity index (χ3v) is 5.74. The van der Waals surface area contributed by atoms with Crippen LogP contribution in [-0.2, 0) is 11.3 Å². The predicted octanol–water partition coefficient (Wildman–Crippen LogP) is 4.24. The van der Waals surface area contributed by atoms with Crippen molar-refractivity contribution in [3.05, 3.63) is 69.8 Å². The van der Waals surface area contributed by atoms with Crippen LogP contribution in [0.5, 0.6) is 5.75 Å². The number of non-ortho nitro benzene ring substituents is 1. The lowest BCUT2D eigenvalue weighted by atomic mass is 10.2. The Morgan fingerprint density at radius 3 is 2.70 bits per heavy atom. The Morgan fingerprint density at radius 1 is 1.27 bits per heavy atom. The molecular weight excluding hydrogens is 404 g/mol. The maximum atomic E-state index is 12.9. The number of rotatable bonds is 8. The summed E-state index contributed by atoms with van der Waals surface area (Å²) in [5.74, 6) is 0.766. The van der Waals surface area contributed by atoms with E-state index in [0.29, 0.717) is 17.3 Å². The summed E-state index contributed by atoms with van der Waals surface area (Å²) in [6, 6.07) is 13.7. The van der Waals surface area contributed by atoms with Gasteiger partial charge in [-0.25, -0.2) is 0 Å². The number of amidine groups is 1. The molecule has 1 amide bonds. The predicted molar refractivity (Wildman–Crippen MR) is 118 cm³/mol. The molecule has 0 aliphatic carbocycles. The molecular formula is C21H22N4O4S. The van der Waals surface area contributed by atoms with Gasteiger partial charge in [0.05, 0.1) is 30.0 Å². The van der Waals surface area contributed by atoms with Gasteiger partial charge >= 0.3 is 0 Å². The van der Waals surface area contributed by atoms with Gasteiger partial charge in [-0.2, -0.15) is 5.10 Å². The molecule has 1 atom stereocenters. The molecule has 0 aromatic heterocycles. The molecule has 0 radical (unpaired) electrons. The number of nitrogens with zero attached hydrogens (tertiary/aromatic N) is 4. The van der Waals surface area contributed by atoms with Crippen LogP contribution in [0.1, 0.15) is 30.9 Å². The zero-order valence-corrected chi connectivity index (χ0v) is 17.5.